The predicted molar refractivity (Wildman–Crippen MR) is 87.7 cm³/mol. The summed E-state index contributed by atoms with van der Waals surface area (Å²) < 4.78 is 11.4. The zero-order valence-electron chi connectivity index (χ0n) is 13.2. The molecule has 0 spiro atoms. The highest BCUT2D eigenvalue weighted by atomic mass is 35.5. The van der Waals surface area contributed by atoms with Gasteiger partial charge in [0.05, 0.1) is 17.7 Å². The summed E-state index contributed by atoms with van der Waals surface area (Å²) in [6.45, 7) is 6.26. The van der Waals surface area contributed by atoms with Gasteiger partial charge in [0.15, 0.2) is 11.5 Å². The molecule has 0 aliphatic carbocycles. The van der Waals surface area contributed by atoms with Crippen LogP contribution in [0.3, 0.4) is 0 Å². The number of nitrogens with one attached hydrogen (secondary N) is 2. The lowest BCUT2D eigenvalue weighted by molar-refractivity contribution is -0.115. The van der Waals surface area contributed by atoms with E-state index in [0.29, 0.717) is 28.7 Å². The van der Waals surface area contributed by atoms with E-state index in [1.807, 2.05) is 20.8 Å². The summed E-state index contributed by atoms with van der Waals surface area (Å²) in [5.41, 5.74) is 0.784. The van der Waals surface area contributed by atoms with E-state index in [4.69, 9.17) is 21.1 Å². The molecular weight excluding hydrogens is 320 g/mol. The average Bonchev–Trinajstić information content (AvgIpc) is 2.80. The minimum atomic E-state index is -0.547. The molecule has 1 aromatic rings. The van der Waals surface area contributed by atoms with Crippen molar-refractivity contribution in [2.75, 3.05) is 6.61 Å². The Bertz CT molecular complexity index is 658. The van der Waals surface area contributed by atoms with Gasteiger partial charge in [0.2, 0.25) is 0 Å². The van der Waals surface area contributed by atoms with Crippen molar-refractivity contribution in [2.45, 2.75) is 33.3 Å². The molecule has 0 bridgehead atoms. The first-order chi connectivity index (χ1) is 10.9. The summed E-state index contributed by atoms with van der Waals surface area (Å²) in [6.07, 6.45) is 2.36. The monoisotopic (exact) mass is 338 g/mol. The summed E-state index contributed by atoms with van der Waals surface area (Å²) in [7, 11) is 0. The van der Waals surface area contributed by atoms with Gasteiger partial charge in [-0.25, -0.2) is 4.79 Å². The summed E-state index contributed by atoms with van der Waals surface area (Å²) in [5.74, 6) is 0.492. The third kappa shape index (κ3) is 4.16. The lowest BCUT2D eigenvalue weighted by Crippen LogP contribution is -2.22. The van der Waals surface area contributed by atoms with E-state index in [1.54, 1.807) is 12.1 Å². The summed E-state index contributed by atoms with van der Waals surface area (Å²) >= 11 is 6.30. The molecule has 1 saturated heterocycles. The van der Waals surface area contributed by atoms with E-state index in [0.717, 1.165) is 6.42 Å². The topological polar surface area (TPSA) is 76.7 Å². The van der Waals surface area contributed by atoms with Crippen molar-refractivity contribution < 1.29 is 19.1 Å². The number of urea groups is 1. The summed E-state index contributed by atoms with van der Waals surface area (Å²) in [6, 6.07) is 2.83. The Labute approximate surface area is 139 Å². The highest BCUT2D eigenvalue weighted by Gasteiger charge is 2.23. The average molecular weight is 339 g/mol. The number of benzene rings is 1. The van der Waals surface area contributed by atoms with Gasteiger partial charge in [-0.05, 0) is 44.0 Å². The van der Waals surface area contributed by atoms with Crippen LogP contribution in [-0.4, -0.2) is 24.6 Å². The van der Waals surface area contributed by atoms with Gasteiger partial charge in [-0.15, -0.1) is 0 Å². The van der Waals surface area contributed by atoms with E-state index >= 15 is 0 Å². The molecule has 3 amide bonds. The second-order valence-corrected chi connectivity index (χ2v) is 5.47. The molecule has 1 fully saturated rings. The highest BCUT2D eigenvalue weighted by molar-refractivity contribution is 6.32. The van der Waals surface area contributed by atoms with Gasteiger partial charge in [0, 0.05) is 0 Å². The fourth-order valence-corrected chi connectivity index (χ4v) is 2.25. The first-order valence-corrected chi connectivity index (χ1v) is 7.79. The number of imide groups is 1. The van der Waals surface area contributed by atoms with E-state index in [2.05, 4.69) is 10.6 Å². The number of hydrogen-bond donors (Lipinski definition) is 2. The molecule has 0 saturated carbocycles. The molecule has 23 heavy (non-hydrogen) atoms. The number of halogens is 1. The van der Waals surface area contributed by atoms with Gasteiger partial charge in [-0.3, -0.25) is 10.1 Å². The van der Waals surface area contributed by atoms with Crippen molar-refractivity contribution in [3.05, 3.63) is 28.4 Å². The van der Waals surface area contributed by atoms with Crippen molar-refractivity contribution in [1.82, 2.24) is 10.6 Å². The minimum absolute atomic E-state index is 0.00388. The molecule has 6 nitrogen and oxygen atoms in total. The SMILES string of the molecule is CCOc1cc(/C=C2\NC(=O)NC2=O)cc(Cl)c1OC(C)CC. The molecule has 1 aliphatic rings. The molecule has 0 aromatic heterocycles. The third-order valence-corrected chi connectivity index (χ3v) is 3.54. The minimum Gasteiger partial charge on any atom is -0.490 e. The number of hydrogen-bond acceptors (Lipinski definition) is 4. The van der Waals surface area contributed by atoms with Gasteiger partial charge in [-0.1, -0.05) is 18.5 Å². The molecule has 1 aromatic carbocycles. The van der Waals surface area contributed by atoms with Gasteiger partial charge in [0.25, 0.3) is 5.91 Å². The standard InChI is InChI=1S/C16H19ClN2O4/c1-4-9(3)23-14-11(17)6-10(8-13(14)22-5-2)7-12-15(20)19-16(21)18-12/h6-9H,4-5H2,1-3H3,(H2,18,19,20,21)/b12-7-. The molecule has 2 N–H and O–H groups in total. The van der Waals surface area contributed by atoms with Crippen LogP contribution in [0.1, 0.15) is 32.8 Å². The smallest absolute Gasteiger partial charge is 0.326 e. The molecular formula is C16H19ClN2O4. The van der Waals surface area contributed by atoms with Gasteiger partial charge >= 0.3 is 6.03 Å². The van der Waals surface area contributed by atoms with Crippen LogP contribution < -0.4 is 20.1 Å². The van der Waals surface area contributed by atoms with E-state index in [-0.39, 0.29) is 11.8 Å². The molecule has 1 heterocycles. The van der Waals surface area contributed by atoms with Crippen LogP contribution in [0, 0.1) is 0 Å². The molecule has 7 heteroatoms. The Morgan fingerprint density at radius 1 is 1.26 bits per heavy atom. The fraction of sp³-hybridized carbons (Fsp3) is 0.375. The number of rotatable bonds is 6. The van der Waals surface area contributed by atoms with Gasteiger partial charge in [0.1, 0.15) is 5.70 Å². The number of carbonyl (C=O) groups is 2. The van der Waals surface area contributed by atoms with Crippen molar-refractivity contribution >= 4 is 29.6 Å². The van der Waals surface area contributed by atoms with Crippen molar-refractivity contribution in [1.29, 1.82) is 0 Å². The second kappa shape index (κ2) is 7.37. The lowest BCUT2D eigenvalue weighted by atomic mass is 10.1. The van der Waals surface area contributed by atoms with Crippen LogP contribution >= 0.6 is 11.6 Å². The molecule has 1 unspecified atom stereocenters. The maximum absolute atomic E-state index is 11.6. The Morgan fingerprint density at radius 2 is 2.00 bits per heavy atom. The largest absolute Gasteiger partial charge is 0.490 e. The number of carbonyl (C=O) groups excluding carboxylic acids is 2. The zero-order valence-corrected chi connectivity index (χ0v) is 14.0. The van der Waals surface area contributed by atoms with Crippen molar-refractivity contribution in [3.63, 3.8) is 0 Å². The van der Waals surface area contributed by atoms with Crippen LogP contribution in [0.15, 0.2) is 17.8 Å². The Morgan fingerprint density at radius 3 is 2.57 bits per heavy atom. The zero-order chi connectivity index (χ0) is 17.0. The van der Waals surface area contributed by atoms with Crippen molar-refractivity contribution in [2.24, 2.45) is 0 Å². The Kier molecular flexibility index (Phi) is 5.50. The predicted octanol–water partition coefficient (Wildman–Crippen LogP) is 3.10. The fourth-order valence-electron chi connectivity index (χ4n) is 1.98. The molecule has 1 atom stereocenters. The third-order valence-electron chi connectivity index (χ3n) is 3.26. The Hall–Kier alpha value is -2.21. The van der Waals surface area contributed by atoms with Gasteiger partial charge < -0.3 is 14.8 Å². The van der Waals surface area contributed by atoms with Crippen LogP contribution in [-0.2, 0) is 4.79 Å². The van der Waals surface area contributed by atoms with Crippen LogP contribution in [0.4, 0.5) is 4.79 Å². The molecule has 2 rings (SSSR count). The van der Waals surface area contributed by atoms with Crippen LogP contribution in [0.2, 0.25) is 5.02 Å². The first kappa shape index (κ1) is 17.1. The van der Waals surface area contributed by atoms with E-state index < -0.39 is 11.9 Å². The number of ether oxygens (including phenoxy) is 2. The van der Waals surface area contributed by atoms with Gasteiger partial charge in [-0.2, -0.15) is 0 Å². The van der Waals surface area contributed by atoms with E-state index in [1.165, 1.54) is 6.08 Å². The van der Waals surface area contributed by atoms with Crippen LogP contribution in [0.5, 0.6) is 11.5 Å². The maximum Gasteiger partial charge on any atom is 0.326 e. The van der Waals surface area contributed by atoms with Crippen LogP contribution in [0.25, 0.3) is 6.08 Å². The highest BCUT2D eigenvalue weighted by Crippen LogP contribution is 2.38. The van der Waals surface area contributed by atoms with Crippen molar-refractivity contribution in [3.8, 4) is 11.5 Å². The second-order valence-electron chi connectivity index (χ2n) is 5.07. The summed E-state index contributed by atoms with van der Waals surface area (Å²) in [4.78, 5) is 22.7. The van der Waals surface area contributed by atoms with E-state index in [9.17, 15) is 9.59 Å². The summed E-state index contributed by atoms with van der Waals surface area (Å²) in [5, 5.41) is 4.95. The maximum atomic E-state index is 11.6. The quantitative estimate of drug-likeness (QED) is 0.617. The molecule has 1 aliphatic heterocycles. The molecule has 0 radical (unpaired) electrons. The Balaban J connectivity index is 2.37. The number of amides is 3. The first-order valence-electron chi connectivity index (χ1n) is 7.41. The lowest BCUT2D eigenvalue weighted by Gasteiger charge is -2.18. The molecule has 124 valence electrons. The normalized spacial score (nSPS) is 17.0.